The molecule has 0 aliphatic heterocycles. The van der Waals surface area contributed by atoms with Crippen molar-refractivity contribution >= 4 is 11.6 Å². The van der Waals surface area contributed by atoms with Gasteiger partial charge in [-0.15, -0.1) is 0 Å². The maximum Gasteiger partial charge on any atom is 0.138 e. The number of aromatic nitrogens is 1. The number of halogens is 1. The first-order valence-corrected chi connectivity index (χ1v) is 7.83. The van der Waals surface area contributed by atoms with E-state index in [1.165, 1.54) is 5.56 Å². The molecule has 2 aromatic rings. The first kappa shape index (κ1) is 16.8. The molecular weight excluding hydrogens is 300 g/mol. The Morgan fingerprint density at radius 2 is 2.14 bits per heavy atom. The minimum atomic E-state index is 0.199. The normalized spacial score (nSPS) is 12.7. The van der Waals surface area contributed by atoms with Gasteiger partial charge in [0.05, 0.1) is 12.8 Å². The molecular formula is C17H23ClN2O2. The summed E-state index contributed by atoms with van der Waals surface area (Å²) >= 11 is 6.11. The Morgan fingerprint density at radius 1 is 1.41 bits per heavy atom. The van der Waals surface area contributed by atoms with Crippen molar-refractivity contribution in [2.24, 2.45) is 0 Å². The Balaban J connectivity index is 2.23. The minimum absolute atomic E-state index is 0.199. The van der Waals surface area contributed by atoms with Gasteiger partial charge in [-0.05, 0) is 45.5 Å². The first-order chi connectivity index (χ1) is 10.5. The number of methoxy groups -OCH3 is 1. The highest BCUT2D eigenvalue weighted by molar-refractivity contribution is 6.30. The summed E-state index contributed by atoms with van der Waals surface area (Å²) in [5.74, 6) is 1.73. The van der Waals surface area contributed by atoms with E-state index in [2.05, 4.69) is 31.0 Å². The molecule has 1 atom stereocenters. The molecule has 4 nitrogen and oxygen atoms in total. The van der Waals surface area contributed by atoms with E-state index in [1.807, 2.05) is 25.1 Å². The summed E-state index contributed by atoms with van der Waals surface area (Å²) in [4.78, 5) is 2.24. The first-order valence-electron chi connectivity index (χ1n) is 7.45. The van der Waals surface area contributed by atoms with Crippen LogP contribution in [-0.4, -0.2) is 24.2 Å². The lowest BCUT2D eigenvalue weighted by atomic mass is 10.0. The molecule has 0 aliphatic rings. The monoisotopic (exact) mass is 322 g/mol. The number of benzene rings is 1. The van der Waals surface area contributed by atoms with E-state index in [9.17, 15) is 0 Å². The molecule has 0 saturated carbocycles. The molecule has 1 aromatic heterocycles. The predicted molar refractivity (Wildman–Crippen MR) is 88.5 cm³/mol. The largest absolute Gasteiger partial charge is 0.496 e. The molecule has 0 aliphatic carbocycles. The van der Waals surface area contributed by atoms with Crippen molar-refractivity contribution in [2.45, 2.75) is 39.8 Å². The number of hydrogen-bond acceptors (Lipinski definition) is 4. The molecule has 0 spiro atoms. The maximum absolute atomic E-state index is 6.11. The van der Waals surface area contributed by atoms with E-state index in [1.54, 1.807) is 7.11 Å². The van der Waals surface area contributed by atoms with Crippen LogP contribution in [0.25, 0.3) is 0 Å². The summed E-state index contributed by atoms with van der Waals surface area (Å²) < 4.78 is 10.8. The topological polar surface area (TPSA) is 38.5 Å². The van der Waals surface area contributed by atoms with Crippen LogP contribution in [0, 0.1) is 6.92 Å². The van der Waals surface area contributed by atoms with Gasteiger partial charge in [0.1, 0.15) is 11.5 Å². The lowest BCUT2D eigenvalue weighted by molar-refractivity contribution is 0.246. The molecule has 22 heavy (non-hydrogen) atoms. The van der Waals surface area contributed by atoms with Crippen LogP contribution in [0.2, 0.25) is 5.02 Å². The lowest BCUT2D eigenvalue weighted by Crippen LogP contribution is -2.23. The van der Waals surface area contributed by atoms with Crippen LogP contribution in [0.5, 0.6) is 5.75 Å². The zero-order valence-corrected chi connectivity index (χ0v) is 14.6. The van der Waals surface area contributed by atoms with Gasteiger partial charge in [-0.25, -0.2) is 0 Å². The van der Waals surface area contributed by atoms with Crippen LogP contribution in [0.1, 0.15) is 42.5 Å². The zero-order chi connectivity index (χ0) is 16.3. The van der Waals surface area contributed by atoms with Crippen LogP contribution < -0.4 is 4.74 Å². The second-order valence-corrected chi connectivity index (χ2v) is 5.94. The van der Waals surface area contributed by atoms with Gasteiger partial charge in [-0.1, -0.05) is 23.7 Å². The number of rotatable bonds is 6. The van der Waals surface area contributed by atoms with Crippen LogP contribution in [-0.2, 0) is 13.0 Å². The second-order valence-electron chi connectivity index (χ2n) is 5.50. The fourth-order valence-corrected chi connectivity index (χ4v) is 2.91. The van der Waals surface area contributed by atoms with Crippen molar-refractivity contribution < 1.29 is 9.26 Å². The molecule has 0 amide bonds. The van der Waals surface area contributed by atoms with Crippen LogP contribution in [0.4, 0.5) is 0 Å². The standard InChI is InChI=1S/C17H23ClN2O2/c1-6-15-17(12(3)22-19-15)11(2)20(4)10-13-9-14(18)7-8-16(13)21-5/h7-9,11H,6,10H2,1-5H3. The van der Waals surface area contributed by atoms with Crippen molar-refractivity contribution in [2.75, 3.05) is 14.2 Å². The Labute approximate surface area is 137 Å². The van der Waals surface area contributed by atoms with E-state index in [-0.39, 0.29) is 6.04 Å². The fraction of sp³-hybridized carbons (Fsp3) is 0.471. The van der Waals surface area contributed by atoms with Crippen LogP contribution in [0.15, 0.2) is 22.7 Å². The van der Waals surface area contributed by atoms with Crippen LogP contribution in [0.3, 0.4) is 0 Å². The highest BCUT2D eigenvalue weighted by atomic mass is 35.5. The van der Waals surface area contributed by atoms with Crippen LogP contribution >= 0.6 is 11.6 Å². The molecule has 0 fully saturated rings. The lowest BCUT2D eigenvalue weighted by Gasteiger charge is -2.25. The van der Waals surface area contributed by atoms with Gasteiger partial charge >= 0.3 is 0 Å². The van der Waals surface area contributed by atoms with Crippen molar-refractivity contribution in [1.82, 2.24) is 10.1 Å². The third-order valence-corrected chi connectivity index (χ3v) is 4.29. The number of ether oxygens (including phenoxy) is 1. The van der Waals surface area contributed by atoms with E-state index in [4.69, 9.17) is 20.9 Å². The Bertz CT molecular complexity index is 640. The highest BCUT2D eigenvalue weighted by Gasteiger charge is 2.22. The maximum atomic E-state index is 6.11. The van der Waals surface area contributed by atoms with E-state index < -0.39 is 0 Å². The summed E-state index contributed by atoms with van der Waals surface area (Å²) in [6.45, 7) is 6.95. The molecule has 1 aromatic carbocycles. The summed E-state index contributed by atoms with van der Waals surface area (Å²) in [6.07, 6.45) is 0.866. The molecule has 0 radical (unpaired) electrons. The van der Waals surface area contributed by atoms with Gasteiger partial charge in [-0.3, -0.25) is 4.90 Å². The predicted octanol–water partition coefficient (Wildman–Crippen LogP) is 4.40. The van der Waals surface area contributed by atoms with Gasteiger partial charge in [0.25, 0.3) is 0 Å². The van der Waals surface area contributed by atoms with Crippen molar-refractivity contribution in [3.8, 4) is 5.75 Å². The van der Waals surface area contributed by atoms with E-state index >= 15 is 0 Å². The molecule has 0 bridgehead atoms. The molecule has 0 N–H and O–H groups in total. The van der Waals surface area contributed by atoms with Crippen molar-refractivity contribution in [3.63, 3.8) is 0 Å². The molecule has 120 valence electrons. The third-order valence-electron chi connectivity index (χ3n) is 4.06. The fourth-order valence-electron chi connectivity index (χ4n) is 2.71. The Kier molecular flexibility index (Phi) is 5.48. The Hall–Kier alpha value is -1.52. The second kappa shape index (κ2) is 7.16. The molecule has 2 rings (SSSR count). The van der Waals surface area contributed by atoms with Gasteiger partial charge in [-0.2, -0.15) is 0 Å². The van der Waals surface area contributed by atoms with Gasteiger partial charge in [0.2, 0.25) is 0 Å². The van der Waals surface area contributed by atoms with Gasteiger partial charge in [0.15, 0.2) is 0 Å². The summed E-state index contributed by atoms with van der Waals surface area (Å²) in [7, 11) is 3.76. The average molecular weight is 323 g/mol. The summed E-state index contributed by atoms with van der Waals surface area (Å²) in [6, 6.07) is 5.89. The number of hydrogen-bond donors (Lipinski definition) is 0. The van der Waals surface area contributed by atoms with Crippen molar-refractivity contribution in [3.05, 3.63) is 45.8 Å². The number of nitrogens with zero attached hydrogens (tertiary/aromatic N) is 2. The molecule has 5 heteroatoms. The Morgan fingerprint density at radius 3 is 2.77 bits per heavy atom. The van der Waals surface area contributed by atoms with E-state index in [0.717, 1.165) is 35.7 Å². The summed E-state index contributed by atoms with van der Waals surface area (Å²) in [5, 5.41) is 4.86. The average Bonchev–Trinajstić information content (AvgIpc) is 2.87. The van der Waals surface area contributed by atoms with Gasteiger partial charge < -0.3 is 9.26 Å². The van der Waals surface area contributed by atoms with E-state index in [0.29, 0.717) is 5.02 Å². The van der Waals surface area contributed by atoms with Crippen molar-refractivity contribution in [1.29, 1.82) is 0 Å². The quantitative estimate of drug-likeness (QED) is 0.790. The van der Waals surface area contributed by atoms with Gasteiger partial charge in [0, 0.05) is 28.7 Å². The highest BCUT2D eigenvalue weighted by Crippen LogP contribution is 2.30. The third kappa shape index (κ3) is 3.45. The molecule has 1 heterocycles. The smallest absolute Gasteiger partial charge is 0.138 e. The zero-order valence-electron chi connectivity index (χ0n) is 13.8. The molecule has 0 saturated heterocycles. The SMILES string of the molecule is CCc1noc(C)c1C(C)N(C)Cc1cc(Cl)ccc1OC. The minimum Gasteiger partial charge on any atom is -0.496 e. The number of aryl methyl sites for hydroxylation is 2. The molecule has 1 unspecified atom stereocenters. The summed E-state index contributed by atoms with van der Waals surface area (Å²) in [5.41, 5.74) is 3.26.